The Morgan fingerprint density at radius 1 is 0.865 bits per heavy atom. The molecule has 0 heterocycles. The Morgan fingerprint density at radius 3 is 1.89 bits per heavy atom. The zero-order valence-corrected chi connectivity index (χ0v) is 22.9. The lowest BCUT2D eigenvalue weighted by Gasteiger charge is -2.24. The first-order valence-electron chi connectivity index (χ1n) is 13.2. The van der Waals surface area contributed by atoms with Gasteiger partial charge in [0.1, 0.15) is 13.2 Å². The molecule has 1 unspecified atom stereocenters. The molecule has 0 radical (unpaired) electrons. The van der Waals surface area contributed by atoms with Crippen LogP contribution in [-0.2, 0) is 32.3 Å². The van der Waals surface area contributed by atoms with Crippen LogP contribution in [0.25, 0.3) is 0 Å². The molecule has 0 N–H and O–H groups in total. The van der Waals surface area contributed by atoms with E-state index in [2.05, 4.69) is 46.8 Å². The molecule has 2 aromatic carbocycles. The van der Waals surface area contributed by atoms with Crippen molar-refractivity contribution >= 4 is 11.9 Å². The standard InChI is InChI=1S/C33H40O4/c1-24(13-12-14-25(2)33(3,4)5)28-19-20-29(31(34)36-22-26-15-8-6-9-16-26)30(21-28)32(35)37-23-27-17-10-7-11-18-27/h6-11,14-19,24H,12-13,20-23H2,1-5H3/b25-14+. The van der Waals surface area contributed by atoms with Crippen molar-refractivity contribution in [1.29, 1.82) is 0 Å². The van der Waals surface area contributed by atoms with Gasteiger partial charge in [-0.2, -0.15) is 0 Å². The molecule has 1 atom stereocenters. The summed E-state index contributed by atoms with van der Waals surface area (Å²) in [5.41, 5.74) is 5.35. The first kappa shape index (κ1) is 28.2. The van der Waals surface area contributed by atoms with E-state index in [0.717, 1.165) is 24.0 Å². The van der Waals surface area contributed by atoms with Gasteiger partial charge in [0.2, 0.25) is 0 Å². The fraction of sp³-hybridized carbons (Fsp3) is 0.394. The molecular weight excluding hydrogens is 460 g/mol. The fourth-order valence-electron chi connectivity index (χ4n) is 4.18. The lowest BCUT2D eigenvalue weighted by molar-refractivity contribution is -0.143. The number of carbonyl (C=O) groups is 2. The normalized spacial score (nSPS) is 15.2. The third kappa shape index (κ3) is 8.59. The maximum absolute atomic E-state index is 13.2. The van der Waals surface area contributed by atoms with Gasteiger partial charge in [0.05, 0.1) is 11.1 Å². The smallest absolute Gasteiger partial charge is 0.335 e. The third-order valence-corrected chi connectivity index (χ3v) is 7.10. The van der Waals surface area contributed by atoms with Gasteiger partial charge in [0.25, 0.3) is 0 Å². The van der Waals surface area contributed by atoms with Gasteiger partial charge in [-0.1, -0.05) is 112 Å². The summed E-state index contributed by atoms with van der Waals surface area (Å²) >= 11 is 0. The van der Waals surface area contributed by atoms with E-state index in [4.69, 9.17) is 9.47 Å². The number of hydrogen-bond donors (Lipinski definition) is 0. The van der Waals surface area contributed by atoms with E-state index >= 15 is 0 Å². The van der Waals surface area contributed by atoms with Gasteiger partial charge in [0.15, 0.2) is 0 Å². The van der Waals surface area contributed by atoms with Gasteiger partial charge >= 0.3 is 11.9 Å². The quantitative estimate of drug-likeness (QED) is 0.246. The maximum atomic E-state index is 13.2. The predicted molar refractivity (Wildman–Crippen MR) is 148 cm³/mol. The van der Waals surface area contributed by atoms with Gasteiger partial charge in [-0.05, 0) is 48.6 Å². The second-order valence-corrected chi connectivity index (χ2v) is 10.9. The molecule has 0 spiro atoms. The Morgan fingerprint density at radius 2 is 1.38 bits per heavy atom. The number of benzene rings is 2. The molecule has 4 heteroatoms. The summed E-state index contributed by atoms with van der Waals surface area (Å²) in [4.78, 5) is 26.3. The average Bonchev–Trinajstić information content (AvgIpc) is 2.90. The van der Waals surface area contributed by atoms with E-state index in [-0.39, 0.29) is 18.6 Å². The van der Waals surface area contributed by atoms with E-state index in [9.17, 15) is 9.59 Å². The maximum Gasteiger partial charge on any atom is 0.335 e. The molecule has 3 rings (SSSR count). The second kappa shape index (κ2) is 13.2. The molecule has 0 aliphatic heterocycles. The van der Waals surface area contributed by atoms with Gasteiger partial charge in [-0.15, -0.1) is 0 Å². The molecule has 0 saturated carbocycles. The number of carbonyl (C=O) groups excluding carboxylic acids is 2. The van der Waals surface area contributed by atoms with Crippen LogP contribution in [0, 0.1) is 11.3 Å². The first-order valence-corrected chi connectivity index (χ1v) is 13.2. The Bertz CT molecular complexity index is 1150. The number of allylic oxidation sites excluding steroid dienone is 4. The minimum atomic E-state index is -0.456. The van der Waals surface area contributed by atoms with Crippen LogP contribution in [0.2, 0.25) is 0 Å². The van der Waals surface area contributed by atoms with Crippen LogP contribution in [0.3, 0.4) is 0 Å². The molecular formula is C33H40O4. The molecule has 0 amide bonds. The van der Waals surface area contributed by atoms with E-state index < -0.39 is 11.9 Å². The van der Waals surface area contributed by atoms with Crippen LogP contribution in [0.5, 0.6) is 0 Å². The molecule has 2 aromatic rings. The van der Waals surface area contributed by atoms with Crippen molar-refractivity contribution in [3.05, 3.63) is 106 Å². The number of hydrogen-bond acceptors (Lipinski definition) is 4. The van der Waals surface area contributed by atoms with Crippen molar-refractivity contribution in [3.8, 4) is 0 Å². The summed E-state index contributed by atoms with van der Waals surface area (Å²) in [6, 6.07) is 19.1. The van der Waals surface area contributed by atoms with Crippen molar-refractivity contribution in [1.82, 2.24) is 0 Å². The highest BCUT2D eigenvalue weighted by molar-refractivity contribution is 6.01. The number of rotatable bonds is 10. The minimum Gasteiger partial charge on any atom is -0.457 e. The van der Waals surface area contributed by atoms with Crippen LogP contribution in [0.15, 0.2) is 95.1 Å². The van der Waals surface area contributed by atoms with E-state index in [0.29, 0.717) is 29.9 Å². The van der Waals surface area contributed by atoms with E-state index in [1.807, 2.05) is 60.7 Å². The summed E-state index contributed by atoms with van der Waals surface area (Å²) in [5, 5.41) is 0. The molecule has 196 valence electrons. The molecule has 1 aliphatic rings. The summed E-state index contributed by atoms with van der Waals surface area (Å²) in [7, 11) is 0. The Kier molecular flexibility index (Phi) is 10.1. The third-order valence-electron chi connectivity index (χ3n) is 7.10. The lowest BCUT2D eigenvalue weighted by Crippen LogP contribution is -2.20. The Labute approximate surface area is 222 Å². The predicted octanol–water partition coefficient (Wildman–Crippen LogP) is 7.90. The largest absolute Gasteiger partial charge is 0.457 e. The average molecular weight is 501 g/mol. The van der Waals surface area contributed by atoms with E-state index in [1.165, 1.54) is 11.1 Å². The fourth-order valence-corrected chi connectivity index (χ4v) is 4.18. The van der Waals surface area contributed by atoms with Gasteiger partial charge in [-0.3, -0.25) is 0 Å². The molecule has 0 bridgehead atoms. The molecule has 37 heavy (non-hydrogen) atoms. The molecule has 0 fully saturated rings. The number of ether oxygens (including phenoxy) is 2. The highest BCUT2D eigenvalue weighted by atomic mass is 16.5. The van der Waals surface area contributed by atoms with Crippen LogP contribution < -0.4 is 0 Å². The topological polar surface area (TPSA) is 52.6 Å². The van der Waals surface area contributed by atoms with Crippen LogP contribution in [-0.4, -0.2) is 11.9 Å². The molecule has 1 aliphatic carbocycles. The van der Waals surface area contributed by atoms with E-state index in [1.54, 1.807) is 0 Å². The molecule has 0 aromatic heterocycles. The van der Waals surface area contributed by atoms with Gasteiger partial charge < -0.3 is 9.47 Å². The summed E-state index contributed by atoms with van der Waals surface area (Å²) in [6.45, 7) is 11.4. The first-order chi connectivity index (χ1) is 17.6. The van der Waals surface area contributed by atoms with Crippen molar-refractivity contribution in [2.45, 2.75) is 73.5 Å². The highest BCUT2D eigenvalue weighted by Gasteiger charge is 2.28. The highest BCUT2D eigenvalue weighted by Crippen LogP contribution is 2.33. The Balaban J connectivity index is 1.71. The van der Waals surface area contributed by atoms with Gasteiger partial charge in [-0.25, -0.2) is 9.59 Å². The SMILES string of the molecule is C/C(=C\CCC(C)C1=CCC(C(=O)OCc2ccccc2)=C(C(=O)OCc2ccccc2)C1)C(C)(C)C. The van der Waals surface area contributed by atoms with Crippen molar-refractivity contribution < 1.29 is 19.1 Å². The molecule has 0 saturated heterocycles. The lowest BCUT2D eigenvalue weighted by atomic mass is 9.83. The zero-order valence-electron chi connectivity index (χ0n) is 22.9. The van der Waals surface area contributed by atoms with Crippen LogP contribution >= 0.6 is 0 Å². The summed E-state index contributed by atoms with van der Waals surface area (Å²) in [5.74, 6) is -0.609. The van der Waals surface area contributed by atoms with Crippen molar-refractivity contribution in [2.24, 2.45) is 11.3 Å². The van der Waals surface area contributed by atoms with Crippen molar-refractivity contribution in [2.75, 3.05) is 0 Å². The minimum absolute atomic E-state index is 0.167. The number of esters is 2. The van der Waals surface area contributed by atoms with Crippen molar-refractivity contribution in [3.63, 3.8) is 0 Å². The Hall–Kier alpha value is -3.40. The summed E-state index contributed by atoms with van der Waals surface area (Å²) < 4.78 is 11.2. The molecule has 4 nitrogen and oxygen atoms in total. The zero-order chi connectivity index (χ0) is 26.8. The second-order valence-electron chi connectivity index (χ2n) is 10.9. The monoisotopic (exact) mass is 500 g/mol. The summed E-state index contributed by atoms with van der Waals surface area (Å²) in [6.07, 6.45) is 7.16. The van der Waals surface area contributed by atoms with Gasteiger partial charge in [0, 0.05) is 6.42 Å². The van der Waals surface area contributed by atoms with Crippen LogP contribution in [0.1, 0.15) is 71.4 Å². The van der Waals surface area contributed by atoms with Crippen LogP contribution in [0.4, 0.5) is 0 Å².